The summed E-state index contributed by atoms with van der Waals surface area (Å²) in [7, 11) is -0.975. The quantitative estimate of drug-likeness (QED) is 0.320. The Morgan fingerprint density at radius 2 is 1.53 bits per heavy atom. The highest BCUT2D eigenvalue weighted by Crippen LogP contribution is 2.63. The zero-order chi connectivity index (χ0) is 25.8. The predicted molar refractivity (Wildman–Crippen MR) is 150 cm³/mol. The first kappa shape index (κ1) is 25.3. The first-order valence-corrected chi connectivity index (χ1v) is 16.0. The van der Waals surface area contributed by atoms with Crippen molar-refractivity contribution >= 4 is 26.7 Å². The molecule has 0 saturated heterocycles. The Morgan fingerprint density at radius 1 is 0.972 bits per heavy atom. The van der Waals surface area contributed by atoms with Crippen LogP contribution in [0.3, 0.4) is 0 Å². The van der Waals surface area contributed by atoms with Gasteiger partial charge in [-0.25, -0.2) is 4.79 Å². The number of carbonyl (C=O) groups is 1. The van der Waals surface area contributed by atoms with Crippen LogP contribution >= 0.6 is 0 Å². The Hall–Kier alpha value is -2.33. The minimum absolute atomic E-state index is 0.0496. The zero-order valence-corrected chi connectivity index (χ0v) is 23.8. The molecule has 4 aliphatic carbocycles. The lowest BCUT2D eigenvalue weighted by atomic mass is 9.47. The number of benzene rings is 2. The lowest BCUT2D eigenvalue weighted by Gasteiger charge is -2.58. The summed E-state index contributed by atoms with van der Waals surface area (Å²) in [5, 5.41) is 9.27. The fraction of sp³-hybridized carbons (Fsp3) is 0.531. The average Bonchev–Trinajstić information content (AvgIpc) is 2.77. The highest BCUT2D eigenvalue weighted by molar-refractivity contribution is 6.49. The molecule has 4 heteroatoms. The molecule has 1 N–H and O–H groups in total. The number of aromatic carboxylic acids is 1. The summed E-state index contributed by atoms with van der Waals surface area (Å²) < 4.78 is 6.89. The monoisotopic (exact) mass is 501 g/mol. The molecule has 0 unspecified atom stereocenters. The van der Waals surface area contributed by atoms with Crippen LogP contribution in [0.1, 0.15) is 98.8 Å². The molecule has 1 radical (unpaired) electrons. The fourth-order valence-corrected chi connectivity index (χ4v) is 8.44. The summed E-state index contributed by atoms with van der Waals surface area (Å²) in [6.45, 7) is 13.7. The fourth-order valence-electron chi connectivity index (χ4n) is 7.82. The van der Waals surface area contributed by atoms with Crippen LogP contribution in [0.5, 0.6) is 5.75 Å². The predicted octanol–water partition coefficient (Wildman–Crippen LogP) is 8.34. The van der Waals surface area contributed by atoms with Crippen molar-refractivity contribution in [1.29, 1.82) is 0 Å². The van der Waals surface area contributed by atoms with Crippen molar-refractivity contribution in [2.75, 3.05) is 0 Å². The normalized spacial score (nSPS) is 27.5. The molecule has 2 aromatic carbocycles. The van der Waals surface area contributed by atoms with E-state index >= 15 is 0 Å². The van der Waals surface area contributed by atoms with Crippen molar-refractivity contribution in [3.8, 4) is 5.75 Å². The van der Waals surface area contributed by atoms with Crippen molar-refractivity contribution < 1.29 is 14.3 Å². The summed E-state index contributed by atoms with van der Waals surface area (Å²) in [5.41, 5.74) is 6.97. The van der Waals surface area contributed by atoms with Crippen LogP contribution in [0, 0.1) is 17.8 Å². The summed E-state index contributed by atoms with van der Waals surface area (Å²) >= 11 is 0. The zero-order valence-electron chi connectivity index (χ0n) is 22.8. The first-order chi connectivity index (χ1) is 16.9. The summed E-state index contributed by atoms with van der Waals surface area (Å²) in [6.07, 6.45) is 10.4. The van der Waals surface area contributed by atoms with E-state index in [0.29, 0.717) is 5.56 Å². The van der Waals surface area contributed by atoms with E-state index in [-0.39, 0.29) is 10.8 Å². The van der Waals surface area contributed by atoms with Crippen molar-refractivity contribution in [1.82, 2.24) is 0 Å². The maximum absolute atomic E-state index is 11.3. The molecule has 4 fully saturated rings. The molecule has 4 bridgehead atoms. The minimum atomic E-state index is -0.975. The van der Waals surface area contributed by atoms with Crippen LogP contribution in [0.2, 0.25) is 13.1 Å². The molecule has 0 heterocycles. The van der Waals surface area contributed by atoms with Gasteiger partial charge in [-0.05, 0) is 111 Å². The van der Waals surface area contributed by atoms with Crippen LogP contribution < -0.4 is 4.43 Å². The number of carboxylic acid groups (broad SMARTS) is 1. The third-order valence-corrected chi connectivity index (χ3v) is 9.42. The van der Waals surface area contributed by atoms with E-state index in [9.17, 15) is 9.90 Å². The van der Waals surface area contributed by atoms with E-state index in [1.54, 1.807) is 12.1 Å². The molecule has 6 rings (SSSR count). The minimum Gasteiger partial charge on any atom is -0.542 e. The molecule has 3 nitrogen and oxygen atoms in total. The van der Waals surface area contributed by atoms with Crippen LogP contribution in [-0.2, 0) is 10.8 Å². The summed E-state index contributed by atoms with van der Waals surface area (Å²) in [5.74, 6) is 2.87. The third kappa shape index (κ3) is 4.69. The van der Waals surface area contributed by atoms with Crippen molar-refractivity contribution in [2.24, 2.45) is 17.8 Å². The number of hydrogen-bond donors (Lipinski definition) is 1. The molecule has 0 aliphatic heterocycles. The SMILES string of the molecule is C/C(=C\c1ccc(C(=O)O)cc1)c1ccc(C(C)(C)C)c(C23CC4CC(CC(C4)C2)C3)c1O[Si](C)C. The molecule has 4 saturated carbocycles. The Labute approximate surface area is 218 Å². The summed E-state index contributed by atoms with van der Waals surface area (Å²) in [4.78, 5) is 11.3. The Balaban J connectivity index is 1.67. The summed E-state index contributed by atoms with van der Waals surface area (Å²) in [6, 6.07) is 11.8. The van der Waals surface area contributed by atoms with Crippen molar-refractivity contribution in [3.63, 3.8) is 0 Å². The van der Waals surface area contributed by atoms with Gasteiger partial charge in [0, 0.05) is 16.5 Å². The second-order valence-electron chi connectivity index (χ2n) is 13.1. The number of carboxylic acids is 1. The molecule has 0 atom stereocenters. The molecule has 0 amide bonds. The van der Waals surface area contributed by atoms with Gasteiger partial charge in [0.15, 0.2) is 0 Å². The molecule has 191 valence electrons. The molecule has 4 aliphatic rings. The van der Waals surface area contributed by atoms with E-state index in [2.05, 4.69) is 59.0 Å². The third-order valence-electron chi connectivity index (χ3n) is 8.81. The second-order valence-corrected chi connectivity index (χ2v) is 15.1. The molecule has 36 heavy (non-hydrogen) atoms. The first-order valence-electron chi connectivity index (χ1n) is 13.6. The second kappa shape index (κ2) is 9.20. The lowest BCUT2D eigenvalue weighted by molar-refractivity contribution is -0.00659. The topological polar surface area (TPSA) is 46.5 Å². The molecule has 0 spiro atoms. The highest BCUT2D eigenvalue weighted by atomic mass is 28.3. The van der Waals surface area contributed by atoms with E-state index < -0.39 is 15.0 Å². The number of allylic oxidation sites excluding steroid dienone is 1. The van der Waals surface area contributed by atoms with Gasteiger partial charge in [0.05, 0.1) is 5.56 Å². The standard InChI is InChI=1S/C32H41O3Si/c1-20(13-21-7-9-25(10-8-21)30(33)34)26-11-12-27(31(2,3)4)28(29(26)35-36(5)6)32-17-22-14-23(18-32)16-24(15-22)19-32/h7-13,22-24H,14-19H2,1-6H3,(H,33,34)/b20-13+. The maximum Gasteiger partial charge on any atom is 0.335 e. The number of rotatable bonds is 6. The van der Waals surface area contributed by atoms with Crippen LogP contribution in [0.15, 0.2) is 36.4 Å². The molecule has 0 aromatic heterocycles. The van der Waals surface area contributed by atoms with Gasteiger partial charge >= 0.3 is 5.97 Å². The Bertz CT molecular complexity index is 1150. The van der Waals surface area contributed by atoms with Crippen LogP contribution in [0.4, 0.5) is 0 Å². The van der Waals surface area contributed by atoms with E-state index in [0.717, 1.165) is 29.1 Å². The van der Waals surface area contributed by atoms with E-state index in [1.165, 1.54) is 60.8 Å². The van der Waals surface area contributed by atoms with Gasteiger partial charge in [-0.2, -0.15) is 0 Å². The molecular formula is C32H41O3Si. The van der Waals surface area contributed by atoms with Gasteiger partial charge in [-0.1, -0.05) is 51.1 Å². The van der Waals surface area contributed by atoms with Gasteiger partial charge in [0.1, 0.15) is 5.75 Å². The van der Waals surface area contributed by atoms with E-state index in [4.69, 9.17) is 4.43 Å². The number of hydrogen-bond acceptors (Lipinski definition) is 2. The van der Waals surface area contributed by atoms with Gasteiger partial charge in [-0.3, -0.25) is 0 Å². The highest BCUT2D eigenvalue weighted by Gasteiger charge is 2.54. The van der Waals surface area contributed by atoms with Gasteiger partial charge in [0.2, 0.25) is 0 Å². The molecule has 2 aromatic rings. The van der Waals surface area contributed by atoms with Crippen LogP contribution in [0.25, 0.3) is 11.6 Å². The van der Waals surface area contributed by atoms with Crippen LogP contribution in [-0.4, -0.2) is 20.1 Å². The van der Waals surface area contributed by atoms with Crippen molar-refractivity contribution in [2.45, 2.75) is 90.1 Å². The maximum atomic E-state index is 11.3. The smallest absolute Gasteiger partial charge is 0.335 e. The Morgan fingerprint density at radius 3 is 2.00 bits per heavy atom. The lowest BCUT2D eigenvalue weighted by Crippen LogP contribution is -2.49. The largest absolute Gasteiger partial charge is 0.542 e. The Kier molecular flexibility index (Phi) is 6.47. The van der Waals surface area contributed by atoms with E-state index in [1.807, 2.05) is 12.1 Å². The molecular weight excluding hydrogens is 460 g/mol. The van der Waals surface area contributed by atoms with Crippen molar-refractivity contribution in [3.05, 3.63) is 64.2 Å². The van der Waals surface area contributed by atoms with Gasteiger partial charge in [-0.15, -0.1) is 0 Å². The van der Waals surface area contributed by atoms with Gasteiger partial charge < -0.3 is 9.53 Å². The average molecular weight is 502 g/mol. The van der Waals surface area contributed by atoms with Gasteiger partial charge in [0.25, 0.3) is 9.04 Å².